The molecule has 0 saturated heterocycles. The van der Waals surface area contributed by atoms with E-state index in [1.807, 2.05) is 50.7 Å². The first-order valence-electron chi connectivity index (χ1n) is 9.40. The molecule has 1 aromatic carbocycles. The smallest absolute Gasteiger partial charge is 0.292 e. The van der Waals surface area contributed by atoms with Crippen LogP contribution < -0.4 is 15.8 Å². The van der Waals surface area contributed by atoms with Crippen LogP contribution in [0.25, 0.3) is 11.1 Å². The highest BCUT2D eigenvalue weighted by molar-refractivity contribution is 7.98. The Labute approximate surface area is 179 Å². The summed E-state index contributed by atoms with van der Waals surface area (Å²) in [5.41, 5.74) is 8.10. The molecular weight excluding hydrogens is 402 g/mol. The summed E-state index contributed by atoms with van der Waals surface area (Å²) in [7, 11) is 4.07. The Morgan fingerprint density at radius 2 is 2.07 bits per heavy atom. The molecule has 0 aliphatic rings. The maximum absolute atomic E-state index is 12.4. The predicted octanol–water partition coefficient (Wildman–Crippen LogP) is 3.62. The topological polar surface area (TPSA) is 107 Å². The lowest BCUT2D eigenvalue weighted by Gasteiger charge is -2.12. The van der Waals surface area contributed by atoms with Gasteiger partial charge < -0.3 is 25.1 Å². The molecule has 0 bridgehead atoms. The van der Waals surface area contributed by atoms with Crippen molar-refractivity contribution < 1.29 is 13.9 Å². The number of carbonyl (C=O) groups is 1. The minimum atomic E-state index is -0.387. The van der Waals surface area contributed by atoms with Crippen molar-refractivity contribution in [3.05, 3.63) is 48.5 Å². The number of benzene rings is 1. The second-order valence-electron chi connectivity index (χ2n) is 6.83. The van der Waals surface area contributed by atoms with Crippen molar-refractivity contribution in [2.24, 2.45) is 0 Å². The van der Waals surface area contributed by atoms with Crippen molar-refractivity contribution >= 4 is 29.4 Å². The molecule has 2 heterocycles. The van der Waals surface area contributed by atoms with E-state index in [1.54, 1.807) is 6.20 Å². The second-order valence-corrected chi connectivity index (χ2v) is 7.68. The molecule has 30 heavy (non-hydrogen) atoms. The number of nitrogens with one attached hydrogen (secondary N) is 1. The first-order chi connectivity index (χ1) is 14.5. The molecule has 0 atom stereocenters. The number of hydrogen-bond donors (Lipinski definition) is 2. The summed E-state index contributed by atoms with van der Waals surface area (Å²) in [5, 5.41) is 2.87. The third-order valence-electron chi connectivity index (χ3n) is 4.27. The SMILES string of the molecule is CSc1ccc(-c2ccc(OCCCN(C)C)nc2)cc1NC(=O)c1coc(N)n1. The summed E-state index contributed by atoms with van der Waals surface area (Å²) >= 11 is 1.53. The van der Waals surface area contributed by atoms with Crippen LogP contribution in [0.4, 0.5) is 11.7 Å². The van der Waals surface area contributed by atoms with E-state index in [0.29, 0.717) is 18.2 Å². The number of rotatable bonds is 9. The number of ether oxygens (including phenoxy) is 1. The van der Waals surface area contributed by atoms with E-state index in [0.717, 1.165) is 29.0 Å². The Kier molecular flexibility index (Phi) is 7.31. The number of nitrogen functional groups attached to an aromatic ring is 1. The van der Waals surface area contributed by atoms with Gasteiger partial charge in [0.2, 0.25) is 5.88 Å². The van der Waals surface area contributed by atoms with Gasteiger partial charge in [-0.1, -0.05) is 6.07 Å². The quantitative estimate of drug-likeness (QED) is 0.394. The van der Waals surface area contributed by atoms with Crippen LogP contribution in [-0.2, 0) is 0 Å². The first-order valence-corrected chi connectivity index (χ1v) is 10.6. The zero-order valence-electron chi connectivity index (χ0n) is 17.2. The summed E-state index contributed by atoms with van der Waals surface area (Å²) in [6.07, 6.45) is 5.88. The van der Waals surface area contributed by atoms with Crippen LogP contribution in [0.5, 0.6) is 5.88 Å². The molecule has 158 valence electrons. The average Bonchev–Trinajstić information content (AvgIpc) is 3.18. The summed E-state index contributed by atoms with van der Waals surface area (Å²) in [6, 6.07) is 9.61. The van der Waals surface area contributed by atoms with Crippen molar-refractivity contribution in [3.63, 3.8) is 0 Å². The average molecular weight is 428 g/mol. The van der Waals surface area contributed by atoms with Gasteiger partial charge in [-0.15, -0.1) is 11.8 Å². The molecule has 2 aromatic heterocycles. The molecule has 0 aliphatic heterocycles. The number of aromatic nitrogens is 2. The van der Waals surface area contributed by atoms with Crippen LogP contribution in [0.1, 0.15) is 16.9 Å². The zero-order chi connectivity index (χ0) is 21.5. The maximum Gasteiger partial charge on any atom is 0.292 e. The van der Waals surface area contributed by atoms with Gasteiger partial charge in [-0.25, -0.2) is 4.98 Å². The number of nitrogens with zero attached hydrogens (tertiary/aromatic N) is 3. The van der Waals surface area contributed by atoms with Crippen molar-refractivity contribution in [1.82, 2.24) is 14.9 Å². The van der Waals surface area contributed by atoms with Crippen LogP contribution in [-0.4, -0.2) is 54.3 Å². The predicted molar refractivity (Wildman–Crippen MR) is 119 cm³/mol. The standard InChI is InChI=1S/C21H25N5O3S/c1-26(2)9-4-10-28-19-8-6-15(12-23-19)14-5-7-18(30-3)16(11-14)24-20(27)17-13-29-21(22)25-17/h5-8,11-13H,4,9-10H2,1-3H3,(H2,22,25)(H,24,27). The Morgan fingerprint density at radius 1 is 1.27 bits per heavy atom. The molecule has 0 radical (unpaired) electrons. The fraction of sp³-hybridized carbons (Fsp3) is 0.286. The minimum absolute atomic E-state index is 0.0471. The molecule has 0 fully saturated rings. The van der Waals surface area contributed by atoms with E-state index in [4.69, 9.17) is 14.9 Å². The minimum Gasteiger partial charge on any atom is -0.478 e. The largest absolute Gasteiger partial charge is 0.478 e. The van der Waals surface area contributed by atoms with Gasteiger partial charge in [-0.05, 0) is 50.5 Å². The van der Waals surface area contributed by atoms with E-state index in [9.17, 15) is 4.79 Å². The van der Waals surface area contributed by atoms with Gasteiger partial charge in [0.05, 0.1) is 12.3 Å². The third kappa shape index (κ3) is 5.74. The molecule has 0 spiro atoms. The van der Waals surface area contributed by atoms with Crippen molar-refractivity contribution in [2.75, 3.05) is 44.6 Å². The molecular formula is C21H25N5O3S. The highest BCUT2D eigenvalue weighted by Gasteiger charge is 2.14. The van der Waals surface area contributed by atoms with Gasteiger partial charge in [-0.2, -0.15) is 4.98 Å². The lowest BCUT2D eigenvalue weighted by Crippen LogP contribution is -2.15. The summed E-state index contributed by atoms with van der Waals surface area (Å²) in [4.78, 5) is 23.7. The Hall–Kier alpha value is -3.04. The van der Waals surface area contributed by atoms with Gasteiger partial charge >= 0.3 is 0 Å². The molecule has 0 aliphatic carbocycles. The van der Waals surface area contributed by atoms with E-state index in [2.05, 4.69) is 20.2 Å². The Balaban J connectivity index is 1.71. The van der Waals surface area contributed by atoms with Crippen molar-refractivity contribution in [2.45, 2.75) is 11.3 Å². The van der Waals surface area contributed by atoms with E-state index < -0.39 is 0 Å². The zero-order valence-corrected chi connectivity index (χ0v) is 18.0. The lowest BCUT2D eigenvalue weighted by atomic mass is 10.1. The fourth-order valence-corrected chi connectivity index (χ4v) is 3.29. The van der Waals surface area contributed by atoms with E-state index in [-0.39, 0.29) is 17.6 Å². The lowest BCUT2D eigenvalue weighted by molar-refractivity contribution is 0.102. The number of nitrogens with two attached hydrogens (primary N) is 1. The third-order valence-corrected chi connectivity index (χ3v) is 5.07. The summed E-state index contributed by atoms with van der Waals surface area (Å²) in [6.45, 7) is 1.59. The van der Waals surface area contributed by atoms with Gasteiger partial charge in [0, 0.05) is 29.3 Å². The van der Waals surface area contributed by atoms with Crippen LogP contribution in [0, 0.1) is 0 Å². The van der Waals surface area contributed by atoms with E-state index in [1.165, 1.54) is 18.0 Å². The molecule has 3 N–H and O–H groups in total. The maximum atomic E-state index is 12.4. The number of thioether (sulfide) groups is 1. The highest BCUT2D eigenvalue weighted by Crippen LogP contribution is 2.31. The highest BCUT2D eigenvalue weighted by atomic mass is 32.2. The van der Waals surface area contributed by atoms with Gasteiger partial charge in [0.1, 0.15) is 6.26 Å². The van der Waals surface area contributed by atoms with Crippen LogP contribution >= 0.6 is 11.8 Å². The fourth-order valence-electron chi connectivity index (χ4n) is 2.76. The van der Waals surface area contributed by atoms with Crippen molar-refractivity contribution in [3.8, 4) is 17.0 Å². The number of anilines is 2. The normalized spacial score (nSPS) is 10.9. The second kappa shape index (κ2) is 10.1. The summed E-state index contributed by atoms with van der Waals surface area (Å²) < 4.78 is 10.6. The van der Waals surface area contributed by atoms with Gasteiger partial charge in [0.25, 0.3) is 11.9 Å². The number of hydrogen-bond acceptors (Lipinski definition) is 8. The van der Waals surface area contributed by atoms with Gasteiger partial charge in [-0.3, -0.25) is 4.79 Å². The number of pyridine rings is 1. The molecule has 8 nitrogen and oxygen atoms in total. The molecule has 1 amide bonds. The number of carbonyl (C=O) groups excluding carboxylic acids is 1. The van der Waals surface area contributed by atoms with Crippen molar-refractivity contribution in [1.29, 1.82) is 0 Å². The first kappa shape index (κ1) is 21.7. The molecule has 3 rings (SSSR count). The van der Waals surface area contributed by atoms with E-state index >= 15 is 0 Å². The Morgan fingerprint density at radius 3 is 2.70 bits per heavy atom. The van der Waals surface area contributed by atoms with Crippen LogP contribution in [0.2, 0.25) is 0 Å². The molecule has 3 aromatic rings. The Bertz CT molecular complexity index is 989. The van der Waals surface area contributed by atoms with Crippen LogP contribution in [0.3, 0.4) is 0 Å². The number of oxazole rings is 1. The molecule has 9 heteroatoms. The molecule has 0 unspecified atom stereocenters. The van der Waals surface area contributed by atoms with Gasteiger partial charge in [0.15, 0.2) is 5.69 Å². The summed E-state index contributed by atoms with van der Waals surface area (Å²) in [5.74, 6) is 0.206. The van der Waals surface area contributed by atoms with Crippen LogP contribution in [0.15, 0.2) is 52.1 Å². The molecule has 0 saturated carbocycles. The number of amides is 1. The monoisotopic (exact) mass is 427 g/mol.